The average Bonchev–Trinajstić information content (AvgIpc) is 2.62. The first kappa shape index (κ1) is 21.9. The van der Waals surface area contributed by atoms with E-state index in [0.29, 0.717) is 12.3 Å². The second-order valence-corrected chi connectivity index (χ2v) is 9.07. The summed E-state index contributed by atoms with van der Waals surface area (Å²) in [4.78, 5) is 15.6. The Morgan fingerprint density at radius 1 is 1.25 bits per heavy atom. The Kier molecular flexibility index (Phi) is 7.62. The molecule has 0 unspecified atom stereocenters. The van der Waals surface area contributed by atoms with Crippen molar-refractivity contribution in [1.29, 1.82) is 5.39 Å². The minimum absolute atomic E-state index is 0.0169. The van der Waals surface area contributed by atoms with Gasteiger partial charge in [-0.1, -0.05) is 64.4 Å². The lowest BCUT2D eigenvalue weighted by Crippen LogP contribution is -2.40. The molecule has 0 aliphatic heterocycles. The number of benzene rings is 1. The molecule has 2 rings (SSSR count). The number of carbonyl (C=O) groups is 1. The Hall–Kier alpha value is -2.35. The van der Waals surface area contributed by atoms with Crippen molar-refractivity contribution in [2.24, 2.45) is 17.3 Å². The van der Waals surface area contributed by atoms with E-state index in [4.69, 9.17) is 4.74 Å². The summed E-state index contributed by atoms with van der Waals surface area (Å²) in [6.45, 7) is 8.63. The van der Waals surface area contributed by atoms with E-state index in [1.54, 1.807) is 0 Å². The number of nitrogens with zero attached hydrogens (tertiary/aromatic N) is 2. The first-order valence-corrected chi connectivity index (χ1v) is 10.2. The van der Waals surface area contributed by atoms with Crippen molar-refractivity contribution in [3.63, 3.8) is 0 Å². The van der Waals surface area contributed by atoms with Crippen LogP contribution in [-0.4, -0.2) is 17.2 Å². The van der Waals surface area contributed by atoms with Gasteiger partial charge in [-0.15, -0.1) is 0 Å². The second kappa shape index (κ2) is 9.73. The van der Waals surface area contributed by atoms with Crippen LogP contribution in [0, 0.1) is 22.6 Å². The van der Waals surface area contributed by atoms with Gasteiger partial charge in [-0.3, -0.25) is 0 Å². The highest BCUT2D eigenvalue weighted by Gasteiger charge is 2.41. The molecule has 1 aliphatic rings. The smallest absolute Gasteiger partial charge is 0.505 e. The molecule has 5 heteroatoms. The van der Waals surface area contributed by atoms with Gasteiger partial charge in [-0.05, 0) is 42.6 Å². The van der Waals surface area contributed by atoms with Gasteiger partial charge in [-0.2, -0.15) is 0 Å². The van der Waals surface area contributed by atoms with Gasteiger partial charge in [-0.25, -0.2) is 4.79 Å². The van der Waals surface area contributed by atoms with Crippen LogP contribution in [0.3, 0.4) is 0 Å². The van der Waals surface area contributed by atoms with E-state index in [1.807, 2.05) is 30.3 Å². The number of aryl methyl sites for hydroxylation is 1. The summed E-state index contributed by atoms with van der Waals surface area (Å²) in [5.74, 6) is -0.241. The number of esters is 1. The Morgan fingerprint density at radius 3 is 2.54 bits per heavy atom. The molecule has 1 N–H and O–H groups in total. The van der Waals surface area contributed by atoms with Crippen molar-refractivity contribution in [2.75, 3.05) is 0 Å². The van der Waals surface area contributed by atoms with Crippen molar-refractivity contribution < 1.29 is 14.6 Å². The Labute approximate surface area is 168 Å². The van der Waals surface area contributed by atoms with Crippen LogP contribution in [0.5, 0.6) is 0 Å². The first-order chi connectivity index (χ1) is 13.2. The highest BCUT2D eigenvalue weighted by Crippen LogP contribution is 2.41. The SMILES string of the molecule is C[C@@H]1CC[C@@H](C(C)(C)C)[C@H](OC(=O)/C([N+]#N)=C(\O)CCCc2ccccc2)C1. The quantitative estimate of drug-likeness (QED) is 0.281. The lowest BCUT2D eigenvalue weighted by Gasteiger charge is -2.41. The predicted molar refractivity (Wildman–Crippen MR) is 110 cm³/mol. The zero-order valence-corrected chi connectivity index (χ0v) is 17.5. The molecular weight excluding hydrogens is 352 g/mol. The number of aliphatic hydroxyl groups excluding tert-OH is 1. The van der Waals surface area contributed by atoms with E-state index in [2.05, 4.69) is 32.7 Å². The molecule has 0 aromatic heterocycles. The Balaban J connectivity index is 2.02. The maximum atomic E-state index is 12.6. The molecule has 0 saturated heterocycles. The van der Waals surface area contributed by atoms with Crippen LogP contribution in [0.15, 0.2) is 41.8 Å². The number of hydrogen-bond acceptors (Lipinski definition) is 4. The molecular formula is C23H33N2O3+. The van der Waals surface area contributed by atoms with E-state index in [9.17, 15) is 15.3 Å². The van der Waals surface area contributed by atoms with Crippen LogP contribution in [0.25, 0.3) is 4.98 Å². The first-order valence-electron chi connectivity index (χ1n) is 10.2. The van der Waals surface area contributed by atoms with Crippen molar-refractivity contribution in [1.82, 2.24) is 0 Å². The molecule has 3 atom stereocenters. The molecule has 152 valence electrons. The van der Waals surface area contributed by atoms with Crippen molar-refractivity contribution in [3.05, 3.63) is 52.3 Å². The lowest BCUT2D eigenvalue weighted by molar-refractivity contribution is -0.153. The zero-order chi connectivity index (χ0) is 20.7. The van der Waals surface area contributed by atoms with Crippen LogP contribution < -0.4 is 0 Å². The molecule has 1 aromatic carbocycles. The maximum Gasteiger partial charge on any atom is 0.505 e. The van der Waals surface area contributed by atoms with E-state index >= 15 is 0 Å². The largest absolute Gasteiger partial charge is 0.505 e. The second-order valence-electron chi connectivity index (χ2n) is 9.07. The number of allylic oxidation sites excluding steroid dienone is 1. The van der Waals surface area contributed by atoms with Gasteiger partial charge in [0.1, 0.15) is 6.10 Å². The van der Waals surface area contributed by atoms with Gasteiger partial charge in [0, 0.05) is 12.3 Å². The highest BCUT2D eigenvalue weighted by atomic mass is 16.5. The fourth-order valence-electron chi connectivity index (χ4n) is 4.08. The normalized spacial score (nSPS) is 23.5. The van der Waals surface area contributed by atoms with Crippen LogP contribution >= 0.6 is 0 Å². The number of ether oxygens (including phenoxy) is 1. The topological polar surface area (TPSA) is 74.7 Å². The summed E-state index contributed by atoms with van der Waals surface area (Å²) in [6.07, 6.45) is 4.35. The third kappa shape index (κ3) is 6.09. The third-order valence-corrected chi connectivity index (χ3v) is 5.71. The fourth-order valence-corrected chi connectivity index (χ4v) is 4.08. The summed E-state index contributed by atoms with van der Waals surface area (Å²) >= 11 is 0. The summed E-state index contributed by atoms with van der Waals surface area (Å²) in [7, 11) is 0. The fraction of sp³-hybridized carbons (Fsp3) is 0.609. The van der Waals surface area contributed by atoms with Crippen LogP contribution in [0.1, 0.15) is 65.4 Å². The molecule has 1 fully saturated rings. The molecule has 5 nitrogen and oxygen atoms in total. The van der Waals surface area contributed by atoms with Crippen LogP contribution in [-0.2, 0) is 16.0 Å². The standard InChI is InChI=1S/C23H32N2O3/c1-16-13-14-18(23(2,3)4)20(15-16)28-22(27)21(25-24)19(26)12-8-11-17-9-6-5-7-10-17/h5-7,9-10,16,18,20H,8,11-15H2,1-4H3/p+1/t16-,18-,20-/m1/s1. The molecule has 0 bridgehead atoms. The number of diazo groups is 1. The Bertz CT molecular complexity index is 728. The average molecular weight is 386 g/mol. The summed E-state index contributed by atoms with van der Waals surface area (Å²) in [5.41, 5.74) is 0.798. The van der Waals surface area contributed by atoms with Gasteiger partial charge in [0.25, 0.3) is 0 Å². The molecule has 0 amide bonds. The predicted octanol–water partition coefficient (Wildman–Crippen LogP) is 6.03. The van der Waals surface area contributed by atoms with Gasteiger partial charge >= 0.3 is 11.7 Å². The van der Waals surface area contributed by atoms with Crippen molar-refractivity contribution >= 4 is 5.97 Å². The number of hydrogen-bond donors (Lipinski definition) is 1. The minimum Gasteiger partial charge on any atom is -0.505 e. The highest BCUT2D eigenvalue weighted by molar-refractivity contribution is 5.90. The number of aliphatic hydroxyl groups is 1. The molecule has 1 aromatic rings. The zero-order valence-electron chi connectivity index (χ0n) is 17.5. The van der Waals surface area contributed by atoms with E-state index < -0.39 is 5.97 Å². The Morgan fingerprint density at radius 2 is 1.93 bits per heavy atom. The van der Waals surface area contributed by atoms with Crippen LogP contribution in [0.2, 0.25) is 0 Å². The summed E-state index contributed by atoms with van der Waals surface area (Å²) in [6, 6.07) is 9.92. The monoisotopic (exact) mass is 385 g/mol. The maximum absolute atomic E-state index is 12.6. The summed E-state index contributed by atoms with van der Waals surface area (Å²) in [5, 5.41) is 19.6. The molecule has 0 radical (unpaired) electrons. The molecule has 0 spiro atoms. The molecule has 1 aliphatic carbocycles. The van der Waals surface area contributed by atoms with Crippen molar-refractivity contribution in [3.8, 4) is 0 Å². The minimum atomic E-state index is -0.743. The molecule has 1 saturated carbocycles. The van der Waals surface area contributed by atoms with Gasteiger partial charge < -0.3 is 9.84 Å². The van der Waals surface area contributed by atoms with Crippen molar-refractivity contribution in [2.45, 2.75) is 72.3 Å². The van der Waals surface area contributed by atoms with Gasteiger partial charge in [0.05, 0.1) is 0 Å². The molecule has 28 heavy (non-hydrogen) atoms. The number of rotatable bonds is 6. The van der Waals surface area contributed by atoms with E-state index in [-0.39, 0.29) is 35.3 Å². The van der Waals surface area contributed by atoms with Gasteiger partial charge in [0.15, 0.2) is 10.7 Å². The third-order valence-electron chi connectivity index (χ3n) is 5.71. The van der Waals surface area contributed by atoms with E-state index in [1.165, 1.54) is 0 Å². The lowest BCUT2D eigenvalue weighted by atomic mass is 9.68. The van der Waals surface area contributed by atoms with Crippen LogP contribution in [0.4, 0.5) is 0 Å². The summed E-state index contributed by atoms with van der Waals surface area (Å²) < 4.78 is 5.73. The van der Waals surface area contributed by atoms with E-state index in [0.717, 1.165) is 31.2 Å². The number of carbonyl (C=O) groups excluding carboxylic acids is 1. The van der Waals surface area contributed by atoms with Gasteiger partial charge in [0.2, 0.25) is 5.39 Å². The molecule has 0 heterocycles.